The van der Waals surface area contributed by atoms with Gasteiger partial charge in [-0.25, -0.2) is 9.78 Å². The third-order valence-electron chi connectivity index (χ3n) is 3.60. The van der Waals surface area contributed by atoms with E-state index in [-0.39, 0.29) is 30.2 Å². The molecule has 158 valence electrons. The number of aliphatic carboxylic acids is 1. The second-order valence-corrected chi connectivity index (χ2v) is 8.43. The minimum absolute atomic E-state index is 0.0260. The van der Waals surface area contributed by atoms with Crippen molar-refractivity contribution >= 4 is 63.8 Å². The van der Waals surface area contributed by atoms with Crippen molar-refractivity contribution in [3.8, 4) is 0 Å². The Hall–Kier alpha value is -1.75. The van der Waals surface area contributed by atoms with Gasteiger partial charge in [0.2, 0.25) is 5.91 Å². The van der Waals surface area contributed by atoms with Crippen LogP contribution in [0.25, 0.3) is 0 Å². The molecule has 0 aromatic carbocycles. The fourth-order valence-corrected chi connectivity index (χ4v) is 3.96. The monoisotopic (exact) mass is 489 g/mol. The molecule has 3 N–H and O–H groups in total. The Bertz CT molecular complexity index is 909. The summed E-state index contributed by atoms with van der Waals surface area (Å²) >= 11 is 18.6. The molecule has 2 aromatic rings. The van der Waals surface area contributed by atoms with Gasteiger partial charge in [0.05, 0.1) is 19.3 Å². The summed E-state index contributed by atoms with van der Waals surface area (Å²) in [5.74, 6) is -1.87. The molecule has 0 aliphatic carbocycles. The quantitative estimate of drug-likeness (QED) is 0.497. The van der Waals surface area contributed by atoms with Crippen LogP contribution in [0, 0.1) is 0 Å². The first-order valence-electron chi connectivity index (χ1n) is 7.90. The number of carbonyl (C=O) groups is 2. The lowest BCUT2D eigenvalue weighted by molar-refractivity contribution is -0.141. The van der Waals surface area contributed by atoms with Crippen molar-refractivity contribution in [2.24, 2.45) is 0 Å². The number of thiophene rings is 1. The maximum absolute atomic E-state index is 12.6. The number of pyridine rings is 1. The predicted octanol–water partition coefficient (Wildman–Crippen LogP) is 4.74. The van der Waals surface area contributed by atoms with Crippen LogP contribution in [0.3, 0.4) is 0 Å². The molecule has 0 aliphatic rings. The Balaban J connectivity index is 1.89. The molecule has 1 atom stereocenters. The summed E-state index contributed by atoms with van der Waals surface area (Å²) in [7, 11) is 0. The number of carbonyl (C=O) groups excluding carboxylic acids is 1. The minimum Gasteiger partial charge on any atom is -0.480 e. The molecule has 29 heavy (non-hydrogen) atoms. The molecular weight excluding hydrogens is 478 g/mol. The van der Waals surface area contributed by atoms with Gasteiger partial charge in [-0.3, -0.25) is 4.79 Å². The Morgan fingerprint density at radius 3 is 2.45 bits per heavy atom. The van der Waals surface area contributed by atoms with Crippen LogP contribution in [0.5, 0.6) is 0 Å². The number of anilines is 1. The number of alkyl halides is 3. The summed E-state index contributed by atoms with van der Waals surface area (Å²) in [6, 6.07) is 1.02. The third kappa shape index (κ3) is 6.91. The number of rotatable bonds is 8. The van der Waals surface area contributed by atoms with Gasteiger partial charge in [0.25, 0.3) is 0 Å². The van der Waals surface area contributed by atoms with Crippen LogP contribution < -0.4 is 10.6 Å². The summed E-state index contributed by atoms with van der Waals surface area (Å²) < 4.78 is 38.5. The molecule has 0 spiro atoms. The highest BCUT2D eigenvalue weighted by Gasteiger charge is 2.31. The fourth-order valence-electron chi connectivity index (χ4n) is 2.22. The van der Waals surface area contributed by atoms with Crippen molar-refractivity contribution in [3.63, 3.8) is 0 Å². The topological polar surface area (TPSA) is 91.3 Å². The van der Waals surface area contributed by atoms with E-state index in [2.05, 4.69) is 15.6 Å². The van der Waals surface area contributed by atoms with Gasteiger partial charge in [-0.1, -0.05) is 34.8 Å². The van der Waals surface area contributed by atoms with E-state index in [1.165, 1.54) is 6.07 Å². The van der Waals surface area contributed by atoms with Crippen LogP contribution in [-0.4, -0.2) is 34.6 Å². The van der Waals surface area contributed by atoms with Crippen LogP contribution in [0.4, 0.5) is 19.0 Å². The van der Waals surface area contributed by atoms with Crippen molar-refractivity contribution < 1.29 is 27.9 Å². The standard InChI is InChI=1S/C16H13Cl3F3N3O3S/c17-9-5-8(16(20,21)22)6-24-14(9)23-2-1-12(26)25-10(15(27)28)3-7-4-11(18)29-13(7)19/h4-6,10H,1-3H2,(H,23,24)(H,25,26)(H,27,28). The summed E-state index contributed by atoms with van der Waals surface area (Å²) in [5.41, 5.74) is -0.504. The molecular formula is C16H13Cl3F3N3O3S. The molecule has 0 radical (unpaired) electrons. The van der Waals surface area contributed by atoms with Gasteiger partial charge in [-0.15, -0.1) is 11.3 Å². The number of nitrogens with one attached hydrogen (secondary N) is 2. The van der Waals surface area contributed by atoms with Gasteiger partial charge in [-0.05, 0) is 17.7 Å². The maximum atomic E-state index is 12.6. The van der Waals surface area contributed by atoms with Crippen LogP contribution in [0.2, 0.25) is 13.7 Å². The van der Waals surface area contributed by atoms with Crippen LogP contribution in [-0.2, 0) is 22.2 Å². The molecule has 6 nitrogen and oxygen atoms in total. The maximum Gasteiger partial charge on any atom is 0.417 e. The molecule has 0 bridgehead atoms. The molecule has 13 heteroatoms. The zero-order valence-electron chi connectivity index (χ0n) is 14.3. The van der Waals surface area contributed by atoms with E-state index < -0.39 is 29.7 Å². The van der Waals surface area contributed by atoms with Crippen LogP contribution in [0.1, 0.15) is 17.5 Å². The molecule has 0 saturated heterocycles. The summed E-state index contributed by atoms with van der Waals surface area (Å²) in [6.45, 7) is -0.0265. The Kier molecular flexibility index (Phi) is 7.98. The van der Waals surface area contributed by atoms with Gasteiger partial charge in [0.15, 0.2) is 0 Å². The highest BCUT2D eigenvalue weighted by Crippen LogP contribution is 2.33. The lowest BCUT2D eigenvalue weighted by atomic mass is 10.1. The van der Waals surface area contributed by atoms with Gasteiger partial charge in [0, 0.05) is 25.6 Å². The summed E-state index contributed by atoms with van der Waals surface area (Å²) in [5, 5.41) is 14.0. The van der Waals surface area contributed by atoms with Crippen molar-refractivity contribution in [1.82, 2.24) is 10.3 Å². The molecule has 1 unspecified atom stereocenters. The summed E-state index contributed by atoms with van der Waals surface area (Å²) in [4.78, 5) is 27.0. The number of hydrogen-bond donors (Lipinski definition) is 3. The van der Waals surface area contributed by atoms with E-state index >= 15 is 0 Å². The highest BCUT2D eigenvalue weighted by atomic mass is 35.5. The number of aromatic nitrogens is 1. The van der Waals surface area contributed by atoms with E-state index in [0.717, 1.165) is 11.3 Å². The zero-order valence-corrected chi connectivity index (χ0v) is 17.4. The molecule has 0 fully saturated rings. The van der Waals surface area contributed by atoms with E-state index in [4.69, 9.17) is 34.8 Å². The molecule has 2 heterocycles. The Morgan fingerprint density at radius 2 is 1.93 bits per heavy atom. The fraction of sp³-hybridized carbons (Fsp3) is 0.312. The highest BCUT2D eigenvalue weighted by molar-refractivity contribution is 7.20. The number of nitrogens with zero attached hydrogens (tertiary/aromatic N) is 1. The number of carboxylic acids is 1. The van der Waals surface area contributed by atoms with Crippen molar-refractivity contribution in [1.29, 1.82) is 0 Å². The van der Waals surface area contributed by atoms with E-state index in [1.54, 1.807) is 0 Å². The molecule has 2 rings (SSSR count). The van der Waals surface area contributed by atoms with Crippen LogP contribution in [0.15, 0.2) is 18.3 Å². The number of hydrogen-bond acceptors (Lipinski definition) is 5. The minimum atomic E-state index is -4.57. The summed E-state index contributed by atoms with van der Waals surface area (Å²) in [6.07, 6.45) is -4.18. The van der Waals surface area contributed by atoms with Gasteiger partial charge < -0.3 is 15.7 Å². The molecule has 1 amide bonds. The molecule has 2 aromatic heterocycles. The lowest BCUT2D eigenvalue weighted by Gasteiger charge is -2.15. The first-order valence-corrected chi connectivity index (χ1v) is 9.85. The molecule has 0 aliphatic heterocycles. The Labute approximate surface area is 182 Å². The van der Waals surface area contributed by atoms with Crippen LogP contribution >= 0.6 is 46.1 Å². The number of halogens is 6. The molecule has 0 saturated carbocycles. The van der Waals surface area contributed by atoms with Crippen molar-refractivity contribution in [2.45, 2.75) is 25.1 Å². The lowest BCUT2D eigenvalue weighted by Crippen LogP contribution is -2.42. The smallest absolute Gasteiger partial charge is 0.417 e. The zero-order chi connectivity index (χ0) is 21.8. The Morgan fingerprint density at radius 1 is 1.24 bits per heavy atom. The number of carboxylic acid groups (broad SMARTS) is 1. The van der Waals surface area contributed by atoms with Gasteiger partial charge in [-0.2, -0.15) is 13.2 Å². The SMILES string of the molecule is O=C(CCNc1ncc(C(F)(F)F)cc1Cl)NC(Cc1cc(Cl)sc1Cl)C(=O)O. The first kappa shape index (κ1) is 23.5. The largest absolute Gasteiger partial charge is 0.480 e. The predicted molar refractivity (Wildman–Crippen MR) is 105 cm³/mol. The second kappa shape index (κ2) is 9.84. The number of amides is 1. The van der Waals surface area contributed by atoms with Gasteiger partial charge >= 0.3 is 12.1 Å². The first-order chi connectivity index (χ1) is 13.5. The van der Waals surface area contributed by atoms with Crippen molar-refractivity contribution in [3.05, 3.63) is 43.2 Å². The van der Waals surface area contributed by atoms with E-state index in [0.29, 0.717) is 26.5 Å². The van der Waals surface area contributed by atoms with Gasteiger partial charge in [0.1, 0.15) is 11.9 Å². The average Bonchev–Trinajstić information content (AvgIpc) is 2.92. The third-order valence-corrected chi connectivity index (χ3v) is 5.45. The average molecular weight is 491 g/mol. The second-order valence-electron chi connectivity index (χ2n) is 5.74. The van der Waals surface area contributed by atoms with Crippen molar-refractivity contribution in [2.75, 3.05) is 11.9 Å². The van der Waals surface area contributed by atoms with E-state index in [1.807, 2.05) is 0 Å². The normalized spacial score (nSPS) is 12.5. The van der Waals surface area contributed by atoms with E-state index in [9.17, 15) is 27.9 Å².